The lowest BCUT2D eigenvalue weighted by Gasteiger charge is -2.15. The summed E-state index contributed by atoms with van der Waals surface area (Å²) in [5.74, 6) is 0. The molecule has 1 unspecified atom stereocenters. The van der Waals surface area contributed by atoms with Crippen LogP contribution in [0.25, 0.3) is 0 Å². The summed E-state index contributed by atoms with van der Waals surface area (Å²) in [4.78, 5) is 10.3. The molecule has 4 heteroatoms. The van der Waals surface area contributed by atoms with Gasteiger partial charge in [0.25, 0.3) is 0 Å². The Hall–Kier alpha value is -0.770. The average molecular weight is 218 g/mol. The summed E-state index contributed by atoms with van der Waals surface area (Å²) in [5.41, 5.74) is 0. The largest absolute Gasteiger partial charge is 0.508 e. The Morgan fingerprint density at radius 1 is 1.20 bits per heavy atom. The van der Waals surface area contributed by atoms with Gasteiger partial charge in [0.2, 0.25) is 6.29 Å². The molecule has 15 heavy (non-hydrogen) atoms. The Balaban J connectivity index is 3.52. The smallest absolute Gasteiger partial charge is 0.450 e. The van der Waals surface area contributed by atoms with Crippen LogP contribution in [0.3, 0.4) is 0 Å². The second-order valence-corrected chi connectivity index (χ2v) is 3.47. The van der Waals surface area contributed by atoms with Crippen LogP contribution in [0.1, 0.15) is 52.4 Å². The van der Waals surface area contributed by atoms with Gasteiger partial charge in [-0.25, -0.2) is 4.79 Å². The Kier molecular flexibility index (Phi) is 9.27. The molecule has 4 nitrogen and oxygen atoms in total. The van der Waals surface area contributed by atoms with E-state index in [0.29, 0.717) is 13.0 Å². The van der Waals surface area contributed by atoms with Gasteiger partial charge in [-0.3, -0.25) is 0 Å². The molecule has 0 amide bonds. The first-order chi connectivity index (χ1) is 7.20. The zero-order valence-corrected chi connectivity index (χ0v) is 9.70. The fraction of sp³-hybridized carbons (Fsp3) is 0.909. The van der Waals surface area contributed by atoms with E-state index in [1.807, 2.05) is 6.92 Å². The van der Waals surface area contributed by atoms with Gasteiger partial charge in [-0.1, -0.05) is 32.6 Å². The second kappa shape index (κ2) is 9.77. The SMILES string of the molecule is CCCCCCCC(OCC)OC(=O)O. The minimum atomic E-state index is -1.26. The molecule has 0 fully saturated rings. The Labute approximate surface area is 91.6 Å². The quantitative estimate of drug-likeness (QED) is 0.366. The molecule has 90 valence electrons. The van der Waals surface area contributed by atoms with Gasteiger partial charge < -0.3 is 14.6 Å². The van der Waals surface area contributed by atoms with E-state index < -0.39 is 12.4 Å². The number of unbranched alkanes of at least 4 members (excludes halogenated alkanes) is 4. The molecule has 0 aliphatic carbocycles. The maximum atomic E-state index is 10.3. The van der Waals surface area contributed by atoms with E-state index in [9.17, 15) is 4.79 Å². The summed E-state index contributed by atoms with van der Waals surface area (Å²) >= 11 is 0. The molecule has 0 bridgehead atoms. The van der Waals surface area contributed by atoms with Crippen molar-refractivity contribution in [2.75, 3.05) is 6.61 Å². The van der Waals surface area contributed by atoms with Crippen LogP contribution >= 0.6 is 0 Å². The van der Waals surface area contributed by atoms with Gasteiger partial charge in [-0.2, -0.15) is 0 Å². The van der Waals surface area contributed by atoms with Crippen LogP contribution in [0.15, 0.2) is 0 Å². The minimum absolute atomic E-state index is 0.479. The molecule has 0 saturated carbocycles. The van der Waals surface area contributed by atoms with E-state index in [2.05, 4.69) is 11.7 Å². The third-order valence-electron chi connectivity index (χ3n) is 2.13. The van der Waals surface area contributed by atoms with Crippen molar-refractivity contribution in [2.24, 2.45) is 0 Å². The molecular weight excluding hydrogens is 196 g/mol. The molecule has 0 radical (unpaired) electrons. The molecule has 0 aromatic rings. The summed E-state index contributed by atoms with van der Waals surface area (Å²) < 4.78 is 9.75. The fourth-order valence-corrected chi connectivity index (χ4v) is 1.39. The van der Waals surface area contributed by atoms with Crippen molar-refractivity contribution in [3.63, 3.8) is 0 Å². The van der Waals surface area contributed by atoms with Crippen LogP contribution in [0, 0.1) is 0 Å². The molecular formula is C11H22O4. The van der Waals surface area contributed by atoms with Gasteiger partial charge >= 0.3 is 6.16 Å². The maximum absolute atomic E-state index is 10.3. The summed E-state index contributed by atoms with van der Waals surface area (Å²) in [6.07, 6.45) is 4.51. The average Bonchev–Trinajstić information content (AvgIpc) is 2.17. The van der Waals surface area contributed by atoms with Gasteiger partial charge in [-0.15, -0.1) is 0 Å². The van der Waals surface area contributed by atoms with Crippen LogP contribution in [0.2, 0.25) is 0 Å². The molecule has 1 N–H and O–H groups in total. The van der Waals surface area contributed by atoms with Crippen molar-refractivity contribution in [3.8, 4) is 0 Å². The summed E-state index contributed by atoms with van der Waals surface area (Å²) in [7, 11) is 0. The van der Waals surface area contributed by atoms with Crippen molar-refractivity contribution in [3.05, 3.63) is 0 Å². The first kappa shape index (κ1) is 14.2. The van der Waals surface area contributed by atoms with E-state index in [-0.39, 0.29) is 0 Å². The van der Waals surface area contributed by atoms with Gasteiger partial charge in [0.05, 0.1) is 0 Å². The first-order valence-electron chi connectivity index (χ1n) is 5.71. The fourth-order valence-electron chi connectivity index (χ4n) is 1.39. The molecule has 0 aliphatic rings. The highest BCUT2D eigenvalue weighted by atomic mass is 16.8. The predicted octanol–water partition coefficient (Wildman–Crippen LogP) is 3.40. The normalized spacial score (nSPS) is 12.4. The number of hydrogen-bond donors (Lipinski definition) is 1. The van der Waals surface area contributed by atoms with Crippen molar-refractivity contribution < 1.29 is 19.4 Å². The van der Waals surface area contributed by atoms with E-state index in [1.54, 1.807) is 0 Å². The highest BCUT2D eigenvalue weighted by Gasteiger charge is 2.12. The van der Waals surface area contributed by atoms with Gasteiger partial charge in [0, 0.05) is 13.0 Å². The van der Waals surface area contributed by atoms with Gasteiger partial charge in [-0.05, 0) is 13.3 Å². The number of carboxylic acid groups (broad SMARTS) is 1. The zero-order valence-electron chi connectivity index (χ0n) is 9.70. The molecule has 0 aromatic carbocycles. The van der Waals surface area contributed by atoms with Crippen LogP contribution < -0.4 is 0 Å². The van der Waals surface area contributed by atoms with E-state index in [1.165, 1.54) is 19.3 Å². The highest BCUT2D eigenvalue weighted by molar-refractivity contribution is 5.56. The number of hydrogen-bond acceptors (Lipinski definition) is 3. The Morgan fingerprint density at radius 2 is 1.87 bits per heavy atom. The van der Waals surface area contributed by atoms with Gasteiger partial charge in [0.1, 0.15) is 0 Å². The summed E-state index contributed by atoms with van der Waals surface area (Å²) in [6, 6.07) is 0. The van der Waals surface area contributed by atoms with E-state index in [0.717, 1.165) is 12.8 Å². The van der Waals surface area contributed by atoms with Gasteiger partial charge in [0.15, 0.2) is 0 Å². The van der Waals surface area contributed by atoms with Crippen molar-refractivity contribution in [1.29, 1.82) is 0 Å². The molecule has 0 aliphatic heterocycles. The lowest BCUT2D eigenvalue weighted by atomic mass is 10.1. The Bertz CT molecular complexity index is 159. The molecule has 0 saturated heterocycles. The van der Waals surface area contributed by atoms with E-state index in [4.69, 9.17) is 9.84 Å². The summed E-state index contributed by atoms with van der Waals surface area (Å²) in [5, 5.41) is 8.45. The molecule has 0 aromatic heterocycles. The zero-order chi connectivity index (χ0) is 11.5. The third-order valence-corrected chi connectivity index (χ3v) is 2.13. The number of carbonyl (C=O) groups is 1. The molecule has 0 heterocycles. The maximum Gasteiger partial charge on any atom is 0.508 e. The van der Waals surface area contributed by atoms with Crippen LogP contribution in [0.4, 0.5) is 4.79 Å². The molecule has 0 spiro atoms. The third kappa shape index (κ3) is 9.53. The predicted molar refractivity (Wildman–Crippen MR) is 57.9 cm³/mol. The van der Waals surface area contributed by atoms with Crippen LogP contribution in [-0.2, 0) is 9.47 Å². The van der Waals surface area contributed by atoms with Crippen LogP contribution in [-0.4, -0.2) is 24.2 Å². The highest BCUT2D eigenvalue weighted by Crippen LogP contribution is 2.10. The Morgan fingerprint density at radius 3 is 2.40 bits per heavy atom. The standard InChI is InChI=1S/C11H22O4/c1-3-5-6-7-8-9-10(14-4-2)15-11(12)13/h10H,3-9H2,1-2H3,(H,12,13). The first-order valence-corrected chi connectivity index (χ1v) is 5.71. The van der Waals surface area contributed by atoms with Crippen molar-refractivity contribution in [1.82, 2.24) is 0 Å². The molecule has 1 atom stereocenters. The minimum Gasteiger partial charge on any atom is -0.450 e. The van der Waals surface area contributed by atoms with Crippen molar-refractivity contribution >= 4 is 6.16 Å². The molecule has 0 rings (SSSR count). The second-order valence-electron chi connectivity index (χ2n) is 3.47. The number of rotatable bonds is 9. The van der Waals surface area contributed by atoms with E-state index >= 15 is 0 Å². The monoisotopic (exact) mass is 218 g/mol. The lowest BCUT2D eigenvalue weighted by Crippen LogP contribution is -2.20. The van der Waals surface area contributed by atoms with Crippen molar-refractivity contribution in [2.45, 2.75) is 58.7 Å². The lowest BCUT2D eigenvalue weighted by molar-refractivity contribution is -0.117. The summed E-state index contributed by atoms with van der Waals surface area (Å²) in [6.45, 7) is 4.47. The number of ether oxygens (including phenoxy) is 2. The topological polar surface area (TPSA) is 55.8 Å². The van der Waals surface area contributed by atoms with Crippen LogP contribution in [0.5, 0.6) is 0 Å².